The van der Waals surface area contributed by atoms with Crippen molar-refractivity contribution in [2.45, 2.75) is 13.3 Å². The van der Waals surface area contributed by atoms with Crippen molar-refractivity contribution < 1.29 is 9.53 Å². The van der Waals surface area contributed by atoms with Crippen LogP contribution in [0.25, 0.3) is 16.2 Å². The fourth-order valence-corrected chi connectivity index (χ4v) is 3.13. The van der Waals surface area contributed by atoms with Gasteiger partial charge in [-0.1, -0.05) is 23.7 Å². The fourth-order valence-electron chi connectivity index (χ4n) is 2.10. The topological polar surface area (TPSA) is 43.6 Å². The van der Waals surface area contributed by atoms with Crippen LogP contribution in [0.1, 0.15) is 12.6 Å². The number of rotatable bonds is 4. The molecule has 0 radical (unpaired) electrons. The Kier molecular flexibility index (Phi) is 3.94. The maximum absolute atomic E-state index is 11.5. The maximum atomic E-state index is 11.5. The molecule has 0 atom stereocenters. The molecule has 3 rings (SSSR count). The lowest BCUT2D eigenvalue weighted by atomic mass is 10.2. The number of hydrogen-bond donors (Lipinski definition) is 0. The number of nitrogens with zero attached hydrogens (tertiary/aromatic N) is 2. The molecule has 0 aliphatic carbocycles. The first-order valence-electron chi connectivity index (χ1n) is 6.54. The third-order valence-electron chi connectivity index (χ3n) is 3.03. The van der Waals surface area contributed by atoms with E-state index in [1.54, 1.807) is 18.3 Å². The zero-order chi connectivity index (χ0) is 14.8. The van der Waals surface area contributed by atoms with E-state index in [0.29, 0.717) is 11.6 Å². The third-order valence-corrected chi connectivity index (χ3v) is 4.12. The molecule has 0 saturated carbocycles. The molecule has 2 heterocycles. The quantitative estimate of drug-likeness (QED) is 0.686. The number of thiazole rings is 1. The summed E-state index contributed by atoms with van der Waals surface area (Å²) in [6.45, 7) is 2.18. The van der Waals surface area contributed by atoms with Crippen LogP contribution < -0.4 is 0 Å². The third kappa shape index (κ3) is 2.94. The van der Waals surface area contributed by atoms with E-state index in [2.05, 4.69) is 4.98 Å². The van der Waals surface area contributed by atoms with Crippen molar-refractivity contribution in [3.63, 3.8) is 0 Å². The first-order valence-corrected chi connectivity index (χ1v) is 7.80. The molecule has 4 nitrogen and oxygen atoms in total. The van der Waals surface area contributed by atoms with Gasteiger partial charge < -0.3 is 4.74 Å². The summed E-state index contributed by atoms with van der Waals surface area (Å²) in [4.78, 5) is 16.8. The summed E-state index contributed by atoms with van der Waals surface area (Å²) in [5.41, 5.74) is 2.82. The van der Waals surface area contributed by atoms with E-state index in [1.165, 1.54) is 0 Å². The van der Waals surface area contributed by atoms with Gasteiger partial charge in [-0.3, -0.25) is 9.20 Å². The number of hydrogen-bond acceptors (Lipinski definition) is 4. The Hall–Kier alpha value is -1.85. The Morgan fingerprint density at radius 3 is 2.86 bits per heavy atom. The summed E-state index contributed by atoms with van der Waals surface area (Å²) in [5, 5.41) is 2.75. The second-order valence-corrected chi connectivity index (χ2v) is 5.77. The summed E-state index contributed by atoms with van der Waals surface area (Å²) in [7, 11) is 0. The molecule has 0 aliphatic rings. The lowest BCUT2D eigenvalue weighted by molar-refractivity contribution is -0.142. The van der Waals surface area contributed by atoms with Gasteiger partial charge in [-0.2, -0.15) is 0 Å². The van der Waals surface area contributed by atoms with Gasteiger partial charge >= 0.3 is 5.97 Å². The van der Waals surface area contributed by atoms with Crippen molar-refractivity contribution in [1.82, 2.24) is 9.38 Å². The Morgan fingerprint density at radius 2 is 2.14 bits per heavy atom. The van der Waals surface area contributed by atoms with Crippen LogP contribution in [-0.4, -0.2) is 22.0 Å². The van der Waals surface area contributed by atoms with E-state index in [1.807, 2.05) is 40.2 Å². The largest absolute Gasteiger partial charge is 0.466 e. The monoisotopic (exact) mass is 320 g/mol. The van der Waals surface area contributed by atoms with Crippen molar-refractivity contribution in [2.75, 3.05) is 6.61 Å². The van der Waals surface area contributed by atoms with Crippen molar-refractivity contribution in [3.8, 4) is 11.3 Å². The van der Waals surface area contributed by atoms with E-state index >= 15 is 0 Å². The molecule has 0 bridgehead atoms. The molecule has 0 aliphatic heterocycles. The van der Waals surface area contributed by atoms with E-state index in [9.17, 15) is 4.79 Å². The van der Waals surface area contributed by atoms with Crippen LogP contribution in [0.2, 0.25) is 5.02 Å². The van der Waals surface area contributed by atoms with Gasteiger partial charge in [0, 0.05) is 16.6 Å². The molecule has 0 saturated heterocycles. The van der Waals surface area contributed by atoms with Crippen molar-refractivity contribution in [3.05, 3.63) is 46.6 Å². The smallest absolute Gasteiger partial charge is 0.311 e. The van der Waals surface area contributed by atoms with Gasteiger partial charge in [-0.05, 0) is 24.6 Å². The van der Waals surface area contributed by atoms with Crippen LogP contribution in [0, 0.1) is 0 Å². The van der Waals surface area contributed by atoms with Gasteiger partial charge in [-0.15, -0.1) is 11.3 Å². The van der Waals surface area contributed by atoms with Crippen molar-refractivity contribution >= 4 is 33.9 Å². The lowest BCUT2D eigenvalue weighted by Gasteiger charge is -2.00. The molecule has 21 heavy (non-hydrogen) atoms. The minimum atomic E-state index is -0.253. The first-order chi connectivity index (χ1) is 10.2. The Balaban J connectivity index is 1.93. The normalized spacial score (nSPS) is 11.0. The standard InChI is InChI=1S/C15H13ClN2O2S/c1-2-20-14(19)7-12-8-18-13(9-21-15(18)17-12)10-3-5-11(16)6-4-10/h3-6,8-9H,2,7H2,1H3. The molecule has 1 aromatic carbocycles. The molecule has 0 spiro atoms. The number of benzene rings is 1. The van der Waals surface area contributed by atoms with E-state index in [0.717, 1.165) is 21.9 Å². The molecule has 2 aromatic heterocycles. The number of imidazole rings is 1. The minimum absolute atomic E-state index is 0.197. The van der Waals surface area contributed by atoms with Crippen LogP contribution in [0.5, 0.6) is 0 Å². The van der Waals surface area contributed by atoms with Gasteiger partial charge in [0.05, 0.1) is 24.4 Å². The predicted octanol–water partition coefficient (Wildman–Crippen LogP) is 3.82. The number of carbonyl (C=O) groups excluding carboxylic acids is 1. The molecule has 3 aromatic rings. The Morgan fingerprint density at radius 1 is 1.38 bits per heavy atom. The van der Waals surface area contributed by atoms with Gasteiger partial charge in [-0.25, -0.2) is 4.98 Å². The highest BCUT2D eigenvalue weighted by Gasteiger charge is 2.12. The zero-order valence-electron chi connectivity index (χ0n) is 11.4. The SMILES string of the molecule is CCOC(=O)Cc1cn2c(-c3ccc(Cl)cc3)csc2n1. The molecule has 0 fully saturated rings. The summed E-state index contributed by atoms with van der Waals surface area (Å²) >= 11 is 7.46. The highest BCUT2D eigenvalue weighted by atomic mass is 35.5. The van der Waals surface area contributed by atoms with Gasteiger partial charge in [0.2, 0.25) is 0 Å². The lowest BCUT2D eigenvalue weighted by Crippen LogP contribution is -2.07. The Labute approximate surface area is 131 Å². The highest BCUT2D eigenvalue weighted by molar-refractivity contribution is 7.15. The number of fused-ring (bicyclic) bond motifs is 1. The Bertz CT molecular complexity index is 777. The summed E-state index contributed by atoms with van der Waals surface area (Å²) in [5.74, 6) is -0.253. The minimum Gasteiger partial charge on any atom is -0.466 e. The molecule has 0 unspecified atom stereocenters. The number of ether oxygens (including phenoxy) is 1. The number of carbonyl (C=O) groups is 1. The number of halogens is 1. The summed E-state index contributed by atoms with van der Waals surface area (Å²) < 4.78 is 6.94. The fraction of sp³-hybridized carbons (Fsp3) is 0.200. The second-order valence-electron chi connectivity index (χ2n) is 4.49. The van der Waals surface area contributed by atoms with Crippen LogP contribution >= 0.6 is 22.9 Å². The molecular weight excluding hydrogens is 308 g/mol. The summed E-state index contributed by atoms with van der Waals surface area (Å²) in [6.07, 6.45) is 2.08. The van der Waals surface area contributed by atoms with Crippen molar-refractivity contribution in [1.29, 1.82) is 0 Å². The summed E-state index contributed by atoms with van der Waals surface area (Å²) in [6, 6.07) is 7.65. The van der Waals surface area contributed by atoms with Gasteiger partial charge in [0.1, 0.15) is 0 Å². The zero-order valence-corrected chi connectivity index (χ0v) is 12.9. The van der Waals surface area contributed by atoms with Crippen LogP contribution in [-0.2, 0) is 16.0 Å². The number of esters is 1. The van der Waals surface area contributed by atoms with E-state index in [-0.39, 0.29) is 12.4 Å². The van der Waals surface area contributed by atoms with E-state index in [4.69, 9.17) is 16.3 Å². The van der Waals surface area contributed by atoms with Gasteiger partial charge in [0.15, 0.2) is 4.96 Å². The number of aromatic nitrogens is 2. The van der Waals surface area contributed by atoms with Gasteiger partial charge in [0.25, 0.3) is 0 Å². The van der Waals surface area contributed by atoms with E-state index < -0.39 is 0 Å². The second kappa shape index (κ2) is 5.87. The first kappa shape index (κ1) is 14.1. The molecule has 0 N–H and O–H groups in total. The maximum Gasteiger partial charge on any atom is 0.311 e. The van der Waals surface area contributed by atoms with Crippen LogP contribution in [0.3, 0.4) is 0 Å². The molecule has 108 valence electrons. The average molecular weight is 321 g/mol. The van der Waals surface area contributed by atoms with Crippen LogP contribution in [0.4, 0.5) is 0 Å². The van der Waals surface area contributed by atoms with Crippen LogP contribution in [0.15, 0.2) is 35.8 Å². The highest BCUT2D eigenvalue weighted by Crippen LogP contribution is 2.27. The van der Waals surface area contributed by atoms with Crippen molar-refractivity contribution in [2.24, 2.45) is 0 Å². The molecule has 6 heteroatoms. The molecular formula is C15H13ClN2O2S. The average Bonchev–Trinajstić information content (AvgIpc) is 3.00. The molecule has 0 amide bonds. The predicted molar refractivity (Wildman–Crippen MR) is 83.9 cm³/mol.